The molecule has 1 unspecified atom stereocenters. The first-order chi connectivity index (χ1) is 12.7. The van der Waals surface area contributed by atoms with Gasteiger partial charge in [-0.1, -0.05) is 65.9 Å². The van der Waals surface area contributed by atoms with Gasteiger partial charge in [0.05, 0.1) is 5.92 Å². The molecule has 0 bridgehead atoms. The molecule has 26 heavy (non-hydrogen) atoms. The minimum Gasteiger partial charge on any atom is -0.289 e. The summed E-state index contributed by atoms with van der Waals surface area (Å²) in [6, 6.07) is 24.0. The maximum Gasteiger partial charge on any atom is 0.255 e. The maximum atomic E-state index is 12.1. The summed E-state index contributed by atoms with van der Waals surface area (Å²) < 4.78 is 0. The Morgan fingerprint density at radius 3 is 1.85 bits per heavy atom. The van der Waals surface area contributed by atoms with Crippen LogP contribution in [0.3, 0.4) is 0 Å². The van der Waals surface area contributed by atoms with E-state index in [-0.39, 0.29) is 0 Å². The molecule has 0 fully saturated rings. The lowest BCUT2D eigenvalue weighted by Crippen LogP contribution is -2.27. The van der Waals surface area contributed by atoms with Gasteiger partial charge in [0.25, 0.3) is 5.91 Å². The molecular formula is C22H16ClNO2. The van der Waals surface area contributed by atoms with E-state index in [1.54, 1.807) is 17.6 Å². The van der Waals surface area contributed by atoms with Crippen LogP contribution in [-0.4, -0.2) is 11.1 Å². The fourth-order valence-corrected chi connectivity index (χ4v) is 2.77. The summed E-state index contributed by atoms with van der Waals surface area (Å²) >= 11 is 5.87. The molecule has 1 amide bonds. The van der Waals surface area contributed by atoms with E-state index in [1.165, 1.54) is 0 Å². The lowest BCUT2D eigenvalue weighted by molar-refractivity contribution is -0.129. The van der Waals surface area contributed by atoms with Gasteiger partial charge >= 0.3 is 0 Å². The van der Waals surface area contributed by atoms with Gasteiger partial charge in [0.1, 0.15) is 0 Å². The first-order valence-electron chi connectivity index (χ1n) is 8.04. The third-order valence-electron chi connectivity index (χ3n) is 3.94. The number of hydrogen-bond acceptors (Lipinski definition) is 2. The molecule has 1 atom stereocenters. The second kappa shape index (κ2) is 8.35. The van der Waals surface area contributed by atoms with Crippen LogP contribution < -0.4 is 5.48 Å². The van der Waals surface area contributed by atoms with Gasteiger partial charge in [0.15, 0.2) is 0 Å². The predicted molar refractivity (Wildman–Crippen MR) is 102 cm³/mol. The summed E-state index contributed by atoms with van der Waals surface area (Å²) in [5.74, 6) is 5.10. The number of nitrogens with one attached hydrogen (secondary N) is 1. The number of rotatable bonds is 3. The summed E-state index contributed by atoms with van der Waals surface area (Å²) in [5, 5.41) is 9.76. The average molecular weight is 362 g/mol. The first-order valence-corrected chi connectivity index (χ1v) is 8.41. The van der Waals surface area contributed by atoms with Crippen LogP contribution in [0.25, 0.3) is 0 Å². The number of benzene rings is 3. The molecule has 128 valence electrons. The van der Waals surface area contributed by atoms with Gasteiger partial charge in [0, 0.05) is 16.1 Å². The molecule has 2 N–H and O–H groups in total. The fraction of sp³-hybridized carbons (Fsp3) is 0.0455. The number of halogens is 1. The lowest BCUT2D eigenvalue weighted by Gasteiger charge is -2.15. The van der Waals surface area contributed by atoms with E-state index in [9.17, 15) is 4.79 Å². The van der Waals surface area contributed by atoms with E-state index in [0.717, 1.165) is 22.3 Å². The van der Waals surface area contributed by atoms with Gasteiger partial charge in [-0.3, -0.25) is 10.0 Å². The Bertz CT molecular complexity index is 939. The third-order valence-corrected chi connectivity index (χ3v) is 4.20. The number of amides is 1. The Balaban J connectivity index is 1.85. The van der Waals surface area contributed by atoms with Crippen molar-refractivity contribution in [2.75, 3.05) is 0 Å². The molecule has 0 aliphatic heterocycles. The summed E-state index contributed by atoms with van der Waals surface area (Å²) in [6.45, 7) is 0. The molecule has 3 rings (SSSR count). The van der Waals surface area contributed by atoms with E-state index >= 15 is 0 Å². The Kier molecular flexibility index (Phi) is 5.70. The number of hydrogen-bond donors (Lipinski definition) is 2. The molecule has 0 heterocycles. The van der Waals surface area contributed by atoms with Crippen LogP contribution in [0.1, 0.15) is 28.2 Å². The van der Waals surface area contributed by atoms with Crippen LogP contribution in [0.5, 0.6) is 0 Å². The predicted octanol–water partition coefficient (Wildman–Crippen LogP) is 4.38. The van der Waals surface area contributed by atoms with E-state index in [2.05, 4.69) is 11.8 Å². The van der Waals surface area contributed by atoms with Gasteiger partial charge in [-0.25, -0.2) is 5.48 Å². The molecule has 3 aromatic carbocycles. The molecule has 4 heteroatoms. The van der Waals surface area contributed by atoms with Gasteiger partial charge in [-0.05, 0) is 47.5 Å². The molecule has 0 aliphatic rings. The van der Waals surface area contributed by atoms with Crippen molar-refractivity contribution in [1.82, 2.24) is 5.48 Å². The molecule has 0 saturated heterocycles. The second-order valence-electron chi connectivity index (χ2n) is 5.70. The standard InChI is InChI=1S/C22H16ClNO2/c23-20-14-10-17(11-15-20)7-6-16-8-12-19(13-9-16)21(22(25)24-26)18-4-2-1-3-5-18/h1-5,8-15,21,26H,(H,24,25). The van der Waals surface area contributed by atoms with Crippen LogP contribution in [0.15, 0.2) is 78.9 Å². The monoisotopic (exact) mass is 361 g/mol. The molecule has 0 radical (unpaired) electrons. The molecule has 0 aromatic heterocycles. The van der Waals surface area contributed by atoms with Crippen molar-refractivity contribution >= 4 is 17.5 Å². The van der Waals surface area contributed by atoms with Crippen LogP contribution in [0, 0.1) is 11.8 Å². The third kappa shape index (κ3) is 4.31. The highest BCUT2D eigenvalue weighted by atomic mass is 35.5. The molecule has 0 spiro atoms. The van der Waals surface area contributed by atoms with Crippen LogP contribution in [-0.2, 0) is 4.79 Å². The van der Waals surface area contributed by atoms with Crippen molar-refractivity contribution < 1.29 is 10.0 Å². The molecule has 0 saturated carbocycles. The Morgan fingerprint density at radius 1 is 0.808 bits per heavy atom. The van der Waals surface area contributed by atoms with E-state index < -0.39 is 11.8 Å². The van der Waals surface area contributed by atoms with Crippen LogP contribution in [0.4, 0.5) is 0 Å². The van der Waals surface area contributed by atoms with Gasteiger partial charge in [-0.2, -0.15) is 0 Å². The second-order valence-corrected chi connectivity index (χ2v) is 6.14. The quantitative estimate of drug-likeness (QED) is 0.413. The highest BCUT2D eigenvalue weighted by molar-refractivity contribution is 6.30. The van der Waals surface area contributed by atoms with E-state index in [4.69, 9.17) is 16.8 Å². The van der Waals surface area contributed by atoms with Crippen molar-refractivity contribution in [3.8, 4) is 11.8 Å². The molecular weight excluding hydrogens is 346 g/mol. The van der Waals surface area contributed by atoms with Crippen molar-refractivity contribution in [3.05, 3.63) is 106 Å². The average Bonchev–Trinajstić information content (AvgIpc) is 2.69. The highest BCUT2D eigenvalue weighted by Gasteiger charge is 2.22. The number of carbonyl (C=O) groups excluding carboxylic acids is 1. The highest BCUT2D eigenvalue weighted by Crippen LogP contribution is 2.25. The zero-order valence-electron chi connectivity index (χ0n) is 13.8. The van der Waals surface area contributed by atoms with Crippen LogP contribution in [0.2, 0.25) is 5.02 Å². The summed E-state index contributed by atoms with van der Waals surface area (Å²) in [7, 11) is 0. The van der Waals surface area contributed by atoms with Crippen molar-refractivity contribution in [2.45, 2.75) is 5.92 Å². The molecule has 3 aromatic rings. The zero-order chi connectivity index (χ0) is 18.4. The first kappa shape index (κ1) is 17.8. The van der Waals surface area contributed by atoms with Crippen molar-refractivity contribution in [1.29, 1.82) is 0 Å². The molecule has 0 aliphatic carbocycles. The Labute approximate surface area is 157 Å². The van der Waals surface area contributed by atoms with Crippen molar-refractivity contribution in [2.24, 2.45) is 0 Å². The van der Waals surface area contributed by atoms with Gasteiger partial charge in [-0.15, -0.1) is 0 Å². The lowest BCUT2D eigenvalue weighted by atomic mass is 9.90. The Morgan fingerprint density at radius 2 is 1.31 bits per heavy atom. The van der Waals surface area contributed by atoms with Gasteiger partial charge < -0.3 is 0 Å². The minimum atomic E-state index is -0.584. The topological polar surface area (TPSA) is 49.3 Å². The Hall–Kier alpha value is -3.06. The zero-order valence-corrected chi connectivity index (χ0v) is 14.6. The van der Waals surface area contributed by atoms with Gasteiger partial charge in [0.2, 0.25) is 0 Å². The molecule has 3 nitrogen and oxygen atoms in total. The smallest absolute Gasteiger partial charge is 0.255 e. The van der Waals surface area contributed by atoms with E-state index in [0.29, 0.717) is 5.02 Å². The number of hydroxylamine groups is 1. The fourth-order valence-electron chi connectivity index (χ4n) is 2.64. The van der Waals surface area contributed by atoms with Crippen LogP contribution >= 0.6 is 11.6 Å². The largest absolute Gasteiger partial charge is 0.289 e. The summed E-state index contributed by atoms with van der Waals surface area (Å²) in [4.78, 5) is 12.1. The van der Waals surface area contributed by atoms with E-state index in [1.807, 2.05) is 66.7 Å². The maximum absolute atomic E-state index is 12.1. The normalized spacial score (nSPS) is 11.2. The minimum absolute atomic E-state index is 0.476. The SMILES string of the molecule is O=C(NO)C(c1ccccc1)c1ccc(C#Cc2ccc(Cl)cc2)cc1. The number of carbonyl (C=O) groups is 1. The van der Waals surface area contributed by atoms with Crippen molar-refractivity contribution in [3.63, 3.8) is 0 Å². The summed E-state index contributed by atoms with van der Waals surface area (Å²) in [6.07, 6.45) is 0. The summed E-state index contributed by atoms with van der Waals surface area (Å²) in [5.41, 5.74) is 5.04.